The van der Waals surface area contributed by atoms with Crippen LogP contribution in [0.15, 0.2) is 18.2 Å². The van der Waals surface area contributed by atoms with Crippen molar-refractivity contribution in [2.45, 2.75) is 18.9 Å². The number of nitrogens with two attached hydrogens (primary N) is 1. The molecule has 0 saturated carbocycles. The summed E-state index contributed by atoms with van der Waals surface area (Å²) < 4.78 is 10.6. The van der Waals surface area contributed by atoms with Crippen molar-refractivity contribution in [2.75, 3.05) is 27.3 Å². The number of benzene rings is 1. The second-order valence-electron chi connectivity index (χ2n) is 4.73. The van der Waals surface area contributed by atoms with Gasteiger partial charge in [0.15, 0.2) is 11.5 Å². The zero-order valence-corrected chi connectivity index (χ0v) is 11.1. The topological polar surface area (TPSA) is 56.5 Å². The van der Waals surface area contributed by atoms with Gasteiger partial charge in [-0.15, -0.1) is 0 Å². The van der Waals surface area contributed by atoms with Crippen LogP contribution in [0.25, 0.3) is 0 Å². The Hall–Kier alpha value is -1.26. The molecule has 1 fully saturated rings. The van der Waals surface area contributed by atoms with Gasteiger partial charge in [0.25, 0.3) is 0 Å². The monoisotopic (exact) mass is 250 g/mol. The van der Waals surface area contributed by atoms with E-state index >= 15 is 0 Å². The van der Waals surface area contributed by atoms with Gasteiger partial charge in [-0.2, -0.15) is 0 Å². The van der Waals surface area contributed by atoms with Crippen LogP contribution in [-0.4, -0.2) is 27.3 Å². The molecule has 0 amide bonds. The lowest BCUT2D eigenvalue weighted by atomic mass is 9.86. The van der Waals surface area contributed by atoms with Crippen molar-refractivity contribution in [3.05, 3.63) is 23.8 Å². The Labute approximate surface area is 108 Å². The molecule has 1 aliphatic rings. The molecule has 1 heterocycles. The van der Waals surface area contributed by atoms with Gasteiger partial charge < -0.3 is 20.5 Å². The van der Waals surface area contributed by atoms with Gasteiger partial charge in [0, 0.05) is 6.04 Å². The van der Waals surface area contributed by atoms with Gasteiger partial charge in [0.05, 0.1) is 14.2 Å². The molecule has 4 nitrogen and oxygen atoms in total. The van der Waals surface area contributed by atoms with Crippen LogP contribution >= 0.6 is 0 Å². The summed E-state index contributed by atoms with van der Waals surface area (Å²) in [4.78, 5) is 0. The smallest absolute Gasteiger partial charge is 0.161 e. The van der Waals surface area contributed by atoms with Gasteiger partial charge in [-0.25, -0.2) is 0 Å². The lowest BCUT2D eigenvalue weighted by Gasteiger charge is -2.28. The van der Waals surface area contributed by atoms with Gasteiger partial charge in [0.1, 0.15) is 0 Å². The molecule has 0 aromatic heterocycles. The average molecular weight is 250 g/mol. The number of hydrogen-bond donors (Lipinski definition) is 2. The predicted molar refractivity (Wildman–Crippen MR) is 72.1 cm³/mol. The maximum Gasteiger partial charge on any atom is 0.161 e. The number of nitrogens with one attached hydrogen (secondary N) is 1. The normalized spacial score (nSPS) is 18.4. The highest BCUT2D eigenvalue weighted by Gasteiger charge is 2.22. The zero-order valence-electron chi connectivity index (χ0n) is 11.1. The standard InChI is InChI=1S/C14H22N2O2/c1-17-12-4-3-11(9-13(12)18-2)14(15)10-5-7-16-8-6-10/h3-4,9-10,14,16H,5-8,15H2,1-2H3. The minimum absolute atomic E-state index is 0.0758. The average Bonchev–Trinajstić information content (AvgIpc) is 2.46. The minimum Gasteiger partial charge on any atom is -0.493 e. The van der Waals surface area contributed by atoms with Gasteiger partial charge in [-0.1, -0.05) is 6.07 Å². The van der Waals surface area contributed by atoms with Crippen molar-refractivity contribution >= 4 is 0 Å². The minimum atomic E-state index is 0.0758. The van der Waals surface area contributed by atoms with Crippen molar-refractivity contribution in [1.82, 2.24) is 5.32 Å². The second kappa shape index (κ2) is 6.07. The van der Waals surface area contributed by atoms with E-state index in [1.807, 2.05) is 18.2 Å². The molecule has 1 unspecified atom stereocenters. The third kappa shape index (κ3) is 2.76. The molecule has 3 N–H and O–H groups in total. The van der Waals surface area contributed by atoms with Crippen molar-refractivity contribution in [3.63, 3.8) is 0 Å². The fraction of sp³-hybridized carbons (Fsp3) is 0.571. The number of rotatable bonds is 4. The highest BCUT2D eigenvalue weighted by Crippen LogP contribution is 2.33. The van der Waals surface area contributed by atoms with Crippen LogP contribution in [0.5, 0.6) is 11.5 Å². The third-order valence-electron chi connectivity index (χ3n) is 3.68. The lowest BCUT2D eigenvalue weighted by Crippen LogP contribution is -2.33. The SMILES string of the molecule is COc1ccc(C(N)C2CCNCC2)cc1OC. The van der Waals surface area contributed by atoms with E-state index in [9.17, 15) is 0 Å². The van der Waals surface area contributed by atoms with Crippen molar-refractivity contribution in [1.29, 1.82) is 0 Å². The van der Waals surface area contributed by atoms with Crippen LogP contribution in [-0.2, 0) is 0 Å². The van der Waals surface area contributed by atoms with Crippen molar-refractivity contribution < 1.29 is 9.47 Å². The zero-order chi connectivity index (χ0) is 13.0. The predicted octanol–water partition coefficient (Wildman–Crippen LogP) is 1.70. The number of ether oxygens (including phenoxy) is 2. The number of methoxy groups -OCH3 is 2. The molecule has 0 aliphatic carbocycles. The number of hydrogen-bond acceptors (Lipinski definition) is 4. The van der Waals surface area contributed by atoms with E-state index in [0.717, 1.165) is 43.0 Å². The van der Waals surface area contributed by atoms with Gasteiger partial charge in [-0.3, -0.25) is 0 Å². The van der Waals surface area contributed by atoms with Gasteiger partial charge in [-0.05, 0) is 49.5 Å². The molecule has 1 aromatic carbocycles. The van der Waals surface area contributed by atoms with Crippen LogP contribution in [0.3, 0.4) is 0 Å². The summed E-state index contributed by atoms with van der Waals surface area (Å²) in [5, 5.41) is 3.36. The Kier molecular flexibility index (Phi) is 4.44. The summed E-state index contributed by atoms with van der Waals surface area (Å²) >= 11 is 0. The fourth-order valence-corrected chi connectivity index (χ4v) is 2.54. The maximum absolute atomic E-state index is 6.36. The molecule has 4 heteroatoms. The van der Waals surface area contributed by atoms with E-state index in [1.54, 1.807) is 14.2 Å². The lowest BCUT2D eigenvalue weighted by molar-refractivity contribution is 0.319. The highest BCUT2D eigenvalue weighted by molar-refractivity contribution is 5.43. The summed E-state index contributed by atoms with van der Waals surface area (Å²) in [5.74, 6) is 2.04. The fourth-order valence-electron chi connectivity index (χ4n) is 2.54. The molecular weight excluding hydrogens is 228 g/mol. The van der Waals surface area contributed by atoms with E-state index in [0.29, 0.717) is 5.92 Å². The largest absolute Gasteiger partial charge is 0.493 e. The molecule has 0 bridgehead atoms. The van der Waals surface area contributed by atoms with Crippen LogP contribution in [0.4, 0.5) is 0 Å². The summed E-state index contributed by atoms with van der Waals surface area (Å²) in [7, 11) is 3.29. The first kappa shape index (κ1) is 13.2. The van der Waals surface area contributed by atoms with Crippen molar-refractivity contribution in [2.24, 2.45) is 11.7 Å². The second-order valence-corrected chi connectivity index (χ2v) is 4.73. The van der Waals surface area contributed by atoms with E-state index in [1.165, 1.54) is 0 Å². The highest BCUT2D eigenvalue weighted by atomic mass is 16.5. The van der Waals surface area contributed by atoms with Crippen LogP contribution in [0.1, 0.15) is 24.4 Å². The first-order chi connectivity index (χ1) is 8.76. The first-order valence-electron chi connectivity index (χ1n) is 6.44. The van der Waals surface area contributed by atoms with E-state index in [2.05, 4.69) is 5.32 Å². The summed E-state index contributed by atoms with van der Waals surface area (Å²) in [6.07, 6.45) is 2.27. The maximum atomic E-state index is 6.36. The van der Waals surface area contributed by atoms with Crippen LogP contribution in [0, 0.1) is 5.92 Å². The van der Waals surface area contributed by atoms with E-state index in [-0.39, 0.29) is 6.04 Å². The quantitative estimate of drug-likeness (QED) is 0.854. The van der Waals surface area contributed by atoms with Gasteiger partial charge >= 0.3 is 0 Å². The van der Waals surface area contributed by atoms with Crippen LogP contribution < -0.4 is 20.5 Å². The molecule has 2 rings (SSSR count). The molecule has 0 radical (unpaired) electrons. The molecule has 0 spiro atoms. The Morgan fingerprint density at radius 2 is 1.83 bits per heavy atom. The molecule has 18 heavy (non-hydrogen) atoms. The van der Waals surface area contributed by atoms with E-state index < -0.39 is 0 Å². The summed E-state index contributed by atoms with van der Waals surface area (Å²) in [6.45, 7) is 2.12. The first-order valence-corrected chi connectivity index (χ1v) is 6.44. The summed E-state index contributed by atoms with van der Waals surface area (Å²) in [5.41, 5.74) is 7.49. The van der Waals surface area contributed by atoms with Gasteiger partial charge in [0.2, 0.25) is 0 Å². The Morgan fingerprint density at radius 1 is 1.17 bits per heavy atom. The Bertz CT molecular complexity index is 389. The Balaban J connectivity index is 2.16. The third-order valence-corrected chi connectivity index (χ3v) is 3.68. The molecule has 1 saturated heterocycles. The number of piperidine rings is 1. The van der Waals surface area contributed by atoms with Crippen molar-refractivity contribution in [3.8, 4) is 11.5 Å². The summed E-state index contributed by atoms with van der Waals surface area (Å²) in [6, 6.07) is 6.03. The van der Waals surface area contributed by atoms with E-state index in [4.69, 9.17) is 15.2 Å². The molecule has 1 atom stereocenters. The molecular formula is C14H22N2O2. The molecule has 1 aromatic rings. The Morgan fingerprint density at radius 3 is 2.44 bits per heavy atom. The molecule has 100 valence electrons. The molecule has 1 aliphatic heterocycles. The van der Waals surface area contributed by atoms with Crippen LogP contribution in [0.2, 0.25) is 0 Å².